The Labute approximate surface area is 80.0 Å². The van der Waals surface area contributed by atoms with E-state index in [0.29, 0.717) is 5.92 Å². The van der Waals surface area contributed by atoms with Crippen molar-refractivity contribution in [2.45, 2.75) is 46.5 Å². The Bertz CT molecular complexity index is 240. The van der Waals surface area contributed by atoms with Crippen molar-refractivity contribution in [2.24, 2.45) is 5.92 Å². The van der Waals surface area contributed by atoms with Gasteiger partial charge in [-0.2, -0.15) is 5.10 Å². The molecule has 1 rings (SSSR count). The third-order valence-corrected chi connectivity index (χ3v) is 1.93. The lowest BCUT2D eigenvalue weighted by atomic mass is 10.1. The topological polar surface area (TPSA) is 41.6 Å². The number of rotatable bonds is 5. The van der Waals surface area contributed by atoms with Gasteiger partial charge in [-0.1, -0.05) is 27.2 Å². The van der Waals surface area contributed by atoms with E-state index in [1.807, 2.05) is 0 Å². The molecule has 1 heterocycles. The van der Waals surface area contributed by atoms with E-state index in [1.54, 1.807) is 0 Å². The molecule has 0 atom stereocenters. The molecule has 0 fully saturated rings. The van der Waals surface area contributed by atoms with Gasteiger partial charge in [0.25, 0.3) is 0 Å². The van der Waals surface area contributed by atoms with E-state index in [1.165, 1.54) is 12.8 Å². The van der Waals surface area contributed by atoms with Crippen LogP contribution in [0, 0.1) is 5.92 Å². The van der Waals surface area contributed by atoms with Gasteiger partial charge in [0.2, 0.25) is 0 Å². The van der Waals surface area contributed by atoms with Crippen molar-refractivity contribution < 1.29 is 0 Å². The van der Waals surface area contributed by atoms with Crippen molar-refractivity contribution >= 4 is 0 Å². The lowest BCUT2D eigenvalue weighted by Crippen LogP contribution is -1.96. The lowest BCUT2D eigenvalue weighted by Gasteiger charge is -1.97. The Hall–Kier alpha value is -0.860. The fourth-order valence-corrected chi connectivity index (χ4v) is 1.26. The number of nitrogens with one attached hydrogen (secondary N) is 1. The van der Waals surface area contributed by atoms with Gasteiger partial charge in [0, 0.05) is 12.8 Å². The van der Waals surface area contributed by atoms with Gasteiger partial charge in [0.1, 0.15) is 5.82 Å². The van der Waals surface area contributed by atoms with E-state index in [9.17, 15) is 0 Å². The van der Waals surface area contributed by atoms with Gasteiger partial charge in [-0.25, -0.2) is 4.98 Å². The monoisotopic (exact) mass is 181 g/mol. The molecule has 0 amide bonds. The lowest BCUT2D eigenvalue weighted by molar-refractivity contribution is 0.622. The number of unbranched alkanes of at least 4 members (excludes halogenated alkanes) is 1. The first-order chi connectivity index (χ1) is 6.22. The van der Waals surface area contributed by atoms with Crippen LogP contribution in [-0.2, 0) is 12.8 Å². The second-order valence-corrected chi connectivity index (χ2v) is 3.90. The van der Waals surface area contributed by atoms with Crippen molar-refractivity contribution in [1.82, 2.24) is 15.2 Å². The molecular weight excluding hydrogens is 162 g/mol. The van der Waals surface area contributed by atoms with E-state index in [4.69, 9.17) is 0 Å². The van der Waals surface area contributed by atoms with Crippen molar-refractivity contribution in [3.8, 4) is 0 Å². The molecule has 0 aliphatic rings. The first-order valence-electron chi connectivity index (χ1n) is 5.12. The molecule has 0 saturated carbocycles. The first kappa shape index (κ1) is 10.2. The van der Waals surface area contributed by atoms with Crippen molar-refractivity contribution in [3.05, 3.63) is 11.6 Å². The maximum atomic E-state index is 4.42. The fraction of sp³-hybridized carbons (Fsp3) is 0.800. The predicted molar refractivity (Wildman–Crippen MR) is 53.5 cm³/mol. The highest BCUT2D eigenvalue weighted by Gasteiger charge is 2.04. The third kappa shape index (κ3) is 3.57. The Balaban J connectivity index is 2.44. The van der Waals surface area contributed by atoms with Crippen LogP contribution in [0.4, 0.5) is 0 Å². The van der Waals surface area contributed by atoms with Crippen LogP contribution in [0.25, 0.3) is 0 Å². The Morgan fingerprint density at radius 3 is 2.77 bits per heavy atom. The highest BCUT2D eigenvalue weighted by atomic mass is 15.2. The van der Waals surface area contributed by atoms with Crippen LogP contribution in [0.2, 0.25) is 0 Å². The molecule has 0 radical (unpaired) electrons. The fourth-order valence-electron chi connectivity index (χ4n) is 1.26. The normalized spacial score (nSPS) is 11.1. The zero-order valence-electron chi connectivity index (χ0n) is 8.80. The van der Waals surface area contributed by atoms with Crippen LogP contribution in [-0.4, -0.2) is 15.2 Å². The summed E-state index contributed by atoms with van der Waals surface area (Å²) >= 11 is 0. The van der Waals surface area contributed by atoms with Crippen molar-refractivity contribution in [3.63, 3.8) is 0 Å². The highest BCUT2D eigenvalue weighted by Crippen LogP contribution is 2.04. The Morgan fingerprint density at radius 2 is 2.15 bits per heavy atom. The van der Waals surface area contributed by atoms with Gasteiger partial charge in [-0.05, 0) is 12.3 Å². The van der Waals surface area contributed by atoms with Crippen LogP contribution in [0.1, 0.15) is 45.3 Å². The second-order valence-electron chi connectivity index (χ2n) is 3.90. The number of aryl methyl sites for hydroxylation is 1. The molecule has 1 N–H and O–H groups in total. The largest absolute Gasteiger partial charge is 0.263 e. The third-order valence-electron chi connectivity index (χ3n) is 1.93. The van der Waals surface area contributed by atoms with E-state index in [0.717, 1.165) is 24.5 Å². The summed E-state index contributed by atoms with van der Waals surface area (Å²) in [5.41, 5.74) is 0. The molecule has 74 valence electrons. The van der Waals surface area contributed by atoms with E-state index in [2.05, 4.69) is 36.0 Å². The summed E-state index contributed by atoms with van der Waals surface area (Å²) in [6.07, 6.45) is 4.39. The summed E-state index contributed by atoms with van der Waals surface area (Å²) in [6.45, 7) is 6.56. The smallest absolute Gasteiger partial charge is 0.150 e. The SMILES string of the molecule is CCCCc1n[nH]c(CC(C)C)n1. The molecule has 3 heteroatoms. The Kier molecular flexibility index (Phi) is 3.93. The predicted octanol–water partition coefficient (Wildman–Crippen LogP) is 2.35. The van der Waals surface area contributed by atoms with E-state index < -0.39 is 0 Å². The summed E-state index contributed by atoms with van der Waals surface area (Å²) in [6, 6.07) is 0. The van der Waals surface area contributed by atoms with Gasteiger partial charge in [-0.3, -0.25) is 5.10 Å². The molecule has 3 nitrogen and oxygen atoms in total. The summed E-state index contributed by atoms with van der Waals surface area (Å²) in [7, 11) is 0. The van der Waals surface area contributed by atoms with Gasteiger partial charge in [-0.15, -0.1) is 0 Å². The van der Waals surface area contributed by atoms with Crippen molar-refractivity contribution in [2.75, 3.05) is 0 Å². The molecule has 0 bridgehead atoms. The van der Waals surface area contributed by atoms with Crippen LogP contribution in [0.15, 0.2) is 0 Å². The second kappa shape index (κ2) is 5.00. The number of aromatic nitrogens is 3. The quantitative estimate of drug-likeness (QED) is 0.757. The number of hydrogen-bond donors (Lipinski definition) is 1. The Morgan fingerprint density at radius 1 is 1.38 bits per heavy atom. The summed E-state index contributed by atoms with van der Waals surface area (Å²) in [4.78, 5) is 4.42. The molecule has 0 saturated heterocycles. The molecule has 0 unspecified atom stereocenters. The number of nitrogens with zero attached hydrogens (tertiary/aromatic N) is 2. The number of aromatic amines is 1. The maximum Gasteiger partial charge on any atom is 0.150 e. The van der Waals surface area contributed by atoms with Gasteiger partial charge < -0.3 is 0 Å². The number of H-pyrrole nitrogens is 1. The van der Waals surface area contributed by atoms with Gasteiger partial charge in [0.15, 0.2) is 5.82 Å². The minimum Gasteiger partial charge on any atom is -0.263 e. The van der Waals surface area contributed by atoms with E-state index in [-0.39, 0.29) is 0 Å². The molecule has 1 aromatic heterocycles. The average Bonchev–Trinajstić information content (AvgIpc) is 2.48. The van der Waals surface area contributed by atoms with Gasteiger partial charge >= 0.3 is 0 Å². The zero-order chi connectivity index (χ0) is 9.68. The summed E-state index contributed by atoms with van der Waals surface area (Å²) in [5.74, 6) is 2.64. The zero-order valence-corrected chi connectivity index (χ0v) is 8.80. The molecule has 0 aliphatic carbocycles. The maximum absolute atomic E-state index is 4.42. The van der Waals surface area contributed by atoms with Crippen molar-refractivity contribution in [1.29, 1.82) is 0 Å². The van der Waals surface area contributed by atoms with Crippen LogP contribution in [0.3, 0.4) is 0 Å². The molecule has 13 heavy (non-hydrogen) atoms. The summed E-state index contributed by atoms with van der Waals surface area (Å²) in [5, 5.41) is 7.16. The first-order valence-corrected chi connectivity index (χ1v) is 5.12. The number of hydrogen-bond acceptors (Lipinski definition) is 2. The molecule has 1 aromatic rings. The molecule has 0 aromatic carbocycles. The molecule has 0 aliphatic heterocycles. The van der Waals surface area contributed by atoms with Crippen LogP contribution < -0.4 is 0 Å². The van der Waals surface area contributed by atoms with E-state index >= 15 is 0 Å². The van der Waals surface area contributed by atoms with Gasteiger partial charge in [0.05, 0.1) is 0 Å². The molecule has 0 spiro atoms. The average molecular weight is 181 g/mol. The van der Waals surface area contributed by atoms with Crippen LogP contribution in [0.5, 0.6) is 0 Å². The highest BCUT2D eigenvalue weighted by molar-refractivity contribution is 4.91. The minimum atomic E-state index is 0.645. The van der Waals surface area contributed by atoms with Crippen LogP contribution >= 0.6 is 0 Å². The molecular formula is C10H19N3. The summed E-state index contributed by atoms with van der Waals surface area (Å²) < 4.78 is 0. The minimum absolute atomic E-state index is 0.645. The standard InChI is InChI=1S/C10H19N3/c1-4-5-6-9-11-10(13-12-9)7-8(2)3/h8H,4-7H2,1-3H3,(H,11,12,13).